The molecule has 1 spiro atoms. The van der Waals surface area contributed by atoms with Crippen molar-refractivity contribution in [3.8, 4) is 0 Å². The van der Waals surface area contributed by atoms with Gasteiger partial charge in [0.25, 0.3) is 0 Å². The molecule has 4 unspecified atom stereocenters. The van der Waals surface area contributed by atoms with E-state index < -0.39 is 0 Å². The molecule has 0 radical (unpaired) electrons. The molecular weight excluding hydrogens is 455 g/mol. The van der Waals surface area contributed by atoms with E-state index in [9.17, 15) is 4.79 Å². The van der Waals surface area contributed by atoms with Crippen LogP contribution in [0.3, 0.4) is 0 Å². The van der Waals surface area contributed by atoms with Crippen molar-refractivity contribution < 1.29 is 9.53 Å². The molecule has 0 aromatic rings. The number of ether oxygens (including phenoxy) is 1. The highest BCUT2D eigenvalue weighted by Gasteiger charge is 2.65. The van der Waals surface area contributed by atoms with Crippen LogP contribution in [-0.4, -0.2) is 61.7 Å². The molecule has 4 aliphatic rings. The van der Waals surface area contributed by atoms with E-state index in [1.54, 1.807) is 0 Å². The van der Waals surface area contributed by atoms with Crippen LogP contribution in [-0.2, 0) is 9.53 Å². The van der Waals surface area contributed by atoms with Crippen molar-refractivity contribution in [3.63, 3.8) is 0 Å². The number of fused-ring (bicyclic) bond motifs is 2. The Kier molecular flexibility index (Phi) is 6.60. The average Bonchev–Trinajstić information content (AvgIpc) is 3.37. The third kappa shape index (κ3) is 3.70. The minimum atomic E-state index is 0. The first-order valence-corrected chi connectivity index (χ1v) is 10.5. The van der Waals surface area contributed by atoms with Gasteiger partial charge < -0.3 is 20.3 Å². The predicted molar refractivity (Wildman–Crippen MR) is 117 cm³/mol. The van der Waals surface area contributed by atoms with Crippen LogP contribution in [0, 0.1) is 17.3 Å². The quantitative estimate of drug-likeness (QED) is 0.362. The number of carbonyl (C=O) groups excluding carboxylic acids is 1. The van der Waals surface area contributed by atoms with E-state index in [-0.39, 0.29) is 35.8 Å². The number of hydrogen-bond acceptors (Lipinski definition) is 3. The van der Waals surface area contributed by atoms with Gasteiger partial charge in [-0.15, -0.1) is 24.0 Å². The van der Waals surface area contributed by atoms with Gasteiger partial charge in [0.2, 0.25) is 5.91 Å². The van der Waals surface area contributed by atoms with E-state index in [1.807, 2.05) is 25.8 Å². The molecule has 7 heteroatoms. The highest BCUT2D eigenvalue weighted by molar-refractivity contribution is 14.0. The number of likely N-dealkylation sites (tertiary alicyclic amines) is 1. The molecule has 4 atom stereocenters. The second-order valence-corrected chi connectivity index (χ2v) is 8.95. The van der Waals surface area contributed by atoms with Gasteiger partial charge in [-0.2, -0.15) is 0 Å². The van der Waals surface area contributed by atoms with Gasteiger partial charge in [0.15, 0.2) is 5.96 Å². The van der Waals surface area contributed by atoms with Crippen LogP contribution < -0.4 is 10.6 Å². The van der Waals surface area contributed by atoms with E-state index >= 15 is 0 Å². The molecule has 6 nitrogen and oxygen atoms in total. The summed E-state index contributed by atoms with van der Waals surface area (Å²) in [6.07, 6.45) is 7.83. The molecule has 1 amide bonds. The first kappa shape index (κ1) is 21.1. The van der Waals surface area contributed by atoms with Gasteiger partial charge in [0, 0.05) is 56.1 Å². The molecule has 4 rings (SSSR count). The van der Waals surface area contributed by atoms with Crippen molar-refractivity contribution >= 4 is 35.8 Å². The number of nitrogens with one attached hydrogen (secondary N) is 2. The fourth-order valence-electron chi connectivity index (χ4n) is 5.86. The van der Waals surface area contributed by atoms with Crippen molar-refractivity contribution in [2.75, 3.05) is 26.7 Å². The van der Waals surface area contributed by atoms with Crippen LogP contribution in [0.5, 0.6) is 0 Å². The molecule has 2 aliphatic carbocycles. The van der Waals surface area contributed by atoms with Gasteiger partial charge in [-0.1, -0.05) is 26.7 Å². The third-order valence-electron chi connectivity index (χ3n) is 7.14. The average molecular weight is 490 g/mol. The molecule has 0 aromatic carbocycles. The van der Waals surface area contributed by atoms with Crippen LogP contribution in [0.1, 0.15) is 52.4 Å². The second kappa shape index (κ2) is 8.43. The number of rotatable bonds is 3. The fraction of sp³-hybridized carbons (Fsp3) is 0.900. The van der Waals surface area contributed by atoms with Crippen LogP contribution >= 0.6 is 24.0 Å². The lowest BCUT2D eigenvalue weighted by Gasteiger charge is -2.57. The molecule has 27 heavy (non-hydrogen) atoms. The summed E-state index contributed by atoms with van der Waals surface area (Å²) in [7, 11) is 1.85. The molecular formula is C20H35IN4O2. The highest BCUT2D eigenvalue weighted by Crippen LogP contribution is 2.60. The van der Waals surface area contributed by atoms with Crippen LogP contribution in [0.4, 0.5) is 0 Å². The van der Waals surface area contributed by atoms with Gasteiger partial charge >= 0.3 is 0 Å². The molecule has 2 heterocycles. The predicted octanol–water partition coefficient (Wildman–Crippen LogP) is 2.37. The van der Waals surface area contributed by atoms with E-state index in [0.717, 1.165) is 32.1 Å². The summed E-state index contributed by atoms with van der Waals surface area (Å²) in [5.74, 6) is 1.86. The summed E-state index contributed by atoms with van der Waals surface area (Å²) in [5.41, 5.74) is 0.327. The molecule has 2 saturated heterocycles. The Labute approximate surface area is 180 Å². The Balaban J connectivity index is 0.00000210. The Bertz CT molecular complexity index is 576. The molecule has 2 N–H and O–H groups in total. The van der Waals surface area contributed by atoms with Gasteiger partial charge in [0.1, 0.15) is 0 Å². The first-order chi connectivity index (χ1) is 12.5. The largest absolute Gasteiger partial charge is 0.377 e. The smallest absolute Gasteiger partial charge is 0.225 e. The summed E-state index contributed by atoms with van der Waals surface area (Å²) in [4.78, 5) is 18.7. The van der Waals surface area contributed by atoms with E-state index in [4.69, 9.17) is 4.74 Å². The number of aliphatic imine (C=N–C) groups is 1. The molecule has 2 aliphatic heterocycles. The Morgan fingerprint density at radius 3 is 2.63 bits per heavy atom. The zero-order valence-electron chi connectivity index (χ0n) is 16.9. The minimum Gasteiger partial charge on any atom is -0.377 e. The molecule has 2 saturated carbocycles. The van der Waals surface area contributed by atoms with Crippen molar-refractivity contribution in [1.29, 1.82) is 0 Å². The van der Waals surface area contributed by atoms with Crippen LogP contribution in [0.2, 0.25) is 0 Å². The Hall–Kier alpha value is -0.570. The fourth-order valence-corrected chi connectivity index (χ4v) is 5.86. The Morgan fingerprint density at radius 2 is 1.96 bits per heavy atom. The van der Waals surface area contributed by atoms with Crippen molar-refractivity contribution in [2.24, 2.45) is 22.2 Å². The minimum absolute atomic E-state index is 0. The maximum Gasteiger partial charge on any atom is 0.225 e. The first-order valence-electron chi connectivity index (χ1n) is 10.5. The maximum atomic E-state index is 12.2. The normalized spacial score (nSPS) is 34.4. The summed E-state index contributed by atoms with van der Waals surface area (Å²) >= 11 is 0. The lowest BCUT2D eigenvalue weighted by atomic mass is 9.54. The van der Waals surface area contributed by atoms with Crippen LogP contribution in [0.15, 0.2) is 4.99 Å². The van der Waals surface area contributed by atoms with Crippen molar-refractivity contribution in [2.45, 2.75) is 70.6 Å². The van der Waals surface area contributed by atoms with Crippen molar-refractivity contribution in [3.05, 3.63) is 0 Å². The summed E-state index contributed by atoms with van der Waals surface area (Å²) < 4.78 is 6.09. The summed E-state index contributed by atoms with van der Waals surface area (Å²) in [5, 5.41) is 7.34. The maximum absolute atomic E-state index is 12.2. The number of nitrogens with zero attached hydrogens (tertiary/aromatic N) is 2. The SMILES string of the molecule is CN=C(NC1CCN(C(=O)C(C)C)C1)NC1C2CCOC2C12CCCC2.I. The monoisotopic (exact) mass is 490 g/mol. The lowest BCUT2D eigenvalue weighted by molar-refractivity contribution is -0.133. The third-order valence-corrected chi connectivity index (χ3v) is 7.14. The summed E-state index contributed by atoms with van der Waals surface area (Å²) in [6, 6.07) is 0.776. The topological polar surface area (TPSA) is 66.0 Å². The summed E-state index contributed by atoms with van der Waals surface area (Å²) in [6.45, 7) is 6.49. The standard InChI is InChI=1S/C20H34N4O2.HI/c1-13(2)18(25)24-10-6-14(12-24)22-19(21-3)23-16-15-7-11-26-17(15)20(16)8-4-5-9-20;/h13-17H,4-12H2,1-3H3,(H2,21,22,23);1H. The zero-order valence-corrected chi connectivity index (χ0v) is 19.2. The van der Waals surface area contributed by atoms with Gasteiger partial charge in [0.05, 0.1) is 6.10 Å². The Morgan fingerprint density at radius 1 is 1.22 bits per heavy atom. The number of amides is 1. The molecule has 0 bridgehead atoms. The van der Waals surface area contributed by atoms with E-state index in [2.05, 4.69) is 15.6 Å². The highest BCUT2D eigenvalue weighted by atomic mass is 127. The van der Waals surface area contributed by atoms with Crippen LogP contribution in [0.25, 0.3) is 0 Å². The number of carbonyl (C=O) groups is 1. The second-order valence-electron chi connectivity index (χ2n) is 8.95. The number of guanidine groups is 1. The van der Waals surface area contributed by atoms with Gasteiger partial charge in [-0.05, 0) is 25.7 Å². The van der Waals surface area contributed by atoms with Gasteiger partial charge in [-0.3, -0.25) is 9.79 Å². The van der Waals surface area contributed by atoms with E-state index in [1.165, 1.54) is 32.1 Å². The lowest BCUT2D eigenvalue weighted by Crippen LogP contribution is -2.69. The molecule has 0 aromatic heterocycles. The van der Waals surface area contributed by atoms with E-state index in [0.29, 0.717) is 29.5 Å². The number of hydrogen-bond donors (Lipinski definition) is 2. The molecule has 154 valence electrons. The zero-order chi connectivity index (χ0) is 18.3. The van der Waals surface area contributed by atoms with Crippen molar-refractivity contribution in [1.82, 2.24) is 15.5 Å². The van der Waals surface area contributed by atoms with Gasteiger partial charge in [-0.25, -0.2) is 0 Å². The number of halogens is 1. The molecule has 4 fully saturated rings.